The van der Waals surface area contributed by atoms with E-state index >= 15 is 0 Å². The number of nitrogens with zero attached hydrogens (tertiary/aromatic N) is 3. The van der Waals surface area contributed by atoms with E-state index in [0.717, 1.165) is 16.9 Å². The molecule has 7 heteroatoms. The summed E-state index contributed by atoms with van der Waals surface area (Å²) < 4.78 is 16.7. The maximum Gasteiger partial charge on any atom is 0.258 e. The van der Waals surface area contributed by atoms with E-state index in [1.54, 1.807) is 24.1 Å². The molecule has 1 aromatic heterocycles. The van der Waals surface area contributed by atoms with E-state index in [-0.39, 0.29) is 12.0 Å². The molecule has 2 heterocycles. The zero-order chi connectivity index (χ0) is 21.9. The Labute approximate surface area is 185 Å². The lowest BCUT2D eigenvalue weighted by atomic mass is 10.1. The number of aromatic nitrogens is 2. The summed E-state index contributed by atoms with van der Waals surface area (Å²) in [5.74, 6) is 2.26. The van der Waals surface area contributed by atoms with Crippen molar-refractivity contribution in [1.29, 1.82) is 0 Å². The highest BCUT2D eigenvalue weighted by Gasteiger charge is 2.33. The zero-order valence-electron chi connectivity index (χ0n) is 17.5. The molecule has 160 valence electrons. The fourth-order valence-corrected chi connectivity index (χ4v) is 3.58. The Bertz CT molecular complexity index is 1220. The maximum absolute atomic E-state index is 12.7. The van der Waals surface area contributed by atoms with Crippen molar-refractivity contribution >= 4 is 5.91 Å². The van der Waals surface area contributed by atoms with Gasteiger partial charge in [-0.05, 0) is 36.4 Å². The first-order chi connectivity index (χ1) is 15.7. The minimum Gasteiger partial charge on any atom is -0.496 e. The van der Waals surface area contributed by atoms with Gasteiger partial charge < -0.3 is 18.9 Å². The highest BCUT2D eigenvalue weighted by molar-refractivity contribution is 5.97. The number of rotatable bonds is 6. The van der Waals surface area contributed by atoms with Crippen molar-refractivity contribution in [2.24, 2.45) is 0 Å². The number of likely N-dealkylation sites (tertiary alicyclic amines) is 1. The van der Waals surface area contributed by atoms with Gasteiger partial charge in [-0.3, -0.25) is 4.79 Å². The predicted molar refractivity (Wildman–Crippen MR) is 118 cm³/mol. The molecule has 7 nitrogen and oxygen atoms in total. The summed E-state index contributed by atoms with van der Waals surface area (Å²) >= 11 is 0. The Morgan fingerprint density at radius 3 is 2.41 bits per heavy atom. The quantitative estimate of drug-likeness (QED) is 0.456. The lowest BCUT2D eigenvalue weighted by Crippen LogP contribution is -2.56. The fraction of sp³-hybridized carbons (Fsp3) is 0.160. The van der Waals surface area contributed by atoms with Crippen LogP contribution in [0, 0.1) is 0 Å². The van der Waals surface area contributed by atoms with Crippen molar-refractivity contribution in [3.63, 3.8) is 0 Å². The molecular formula is C25H21N3O4. The zero-order valence-corrected chi connectivity index (χ0v) is 17.5. The van der Waals surface area contributed by atoms with Crippen LogP contribution in [0.2, 0.25) is 0 Å². The molecule has 4 aromatic rings. The first kappa shape index (κ1) is 19.8. The summed E-state index contributed by atoms with van der Waals surface area (Å²) in [6.45, 7) is 1.06. The van der Waals surface area contributed by atoms with Crippen molar-refractivity contribution in [2.75, 3.05) is 20.2 Å². The SMILES string of the molecule is COc1ccccc1C(=O)N1CC(Oc2ccc(-c3nc(-c4ccccc4)no3)cc2)C1. The summed E-state index contributed by atoms with van der Waals surface area (Å²) in [5.41, 5.74) is 2.28. The molecule has 0 bridgehead atoms. The average Bonchev–Trinajstić information content (AvgIpc) is 3.32. The molecule has 32 heavy (non-hydrogen) atoms. The van der Waals surface area contributed by atoms with Gasteiger partial charge in [-0.2, -0.15) is 4.98 Å². The van der Waals surface area contributed by atoms with Crippen LogP contribution in [0.5, 0.6) is 11.5 Å². The summed E-state index contributed by atoms with van der Waals surface area (Å²) in [4.78, 5) is 18.9. The molecular weight excluding hydrogens is 406 g/mol. The largest absolute Gasteiger partial charge is 0.496 e. The molecule has 3 aromatic carbocycles. The van der Waals surface area contributed by atoms with E-state index < -0.39 is 0 Å². The number of carbonyl (C=O) groups is 1. The molecule has 5 rings (SSSR count). The van der Waals surface area contributed by atoms with Crippen LogP contribution in [0.4, 0.5) is 0 Å². The van der Waals surface area contributed by atoms with Crippen LogP contribution in [0.1, 0.15) is 10.4 Å². The molecule has 1 aliphatic heterocycles. The van der Waals surface area contributed by atoms with Gasteiger partial charge in [0.2, 0.25) is 5.82 Å². The predicted octanol–water partition coefficient (Wildman–Crippen LogP) is 4.32. The number of hydrogen-bond donors (Lipinski definition) is 0. The van der Waals surface area contributed by atoms with Crippen LogP contribution in [-0.4, -0.2) is 47.3 Å². The third-order valence-electron chi connectivity index (χ3n) is 5.33. The summed E-state index contributed by atoms with van der Waals surface area (Å²) in [6.07, 6.45) is -0.0485. The standard InChI is InChI=1S/C25H21N3O4/c1-30-22-10-6-5-9-21(22)25(29)28-15-20(16-28)31-19-13-11-18(12-14-19)24-26-23(27-32-24)17-7-3-2-4-8-17/h2-14,20H,15-16H2,1H3. The van der Waals surface area contributed by atoms with Crippen LogP contribution in [0.15, 0.2) is 83.4 Å². The molecule has 0 N–H and O–H groups in total. The smallest absolute Gasteiger partial charge is 0.258 e. The third-order valence-corrected chi connectivity index (χ3v) is 5.33. The van der Waals surface area contributed by atoms with Crippen LogP contribution in [-0.2, 0) is 0 Å². The lowest BCUT2D eigenvalue weighted by molar-refractivity contribution is 0.0176. The van der Waals surface area contributed by atoms with Gasteiger partial charge in [0.1, 0.15) is 17.6 Å². The van der Waals surface area contributed by atoms with Gasteiger partial charge in [0.25, 0.3) is 11.8 Å². The van der Waals surface area contributed by atoms with Crippen LogP contribution < -0.4 is 9.47 Å². The molecule has 0 atom stereocenters. The normalized spacial score (nSPS) is 13.5. The Balaban J connectivity index is 1.19. The number of ether oxygens (including phenoxy) is 2. The van der Waals surface area contributed by atoms with E-state index in [1.807, 2.05) is 66.7 Å². The van der Waals surface area contributed by atoms with Gasteiger partial charge >= 0.3 is 0 Å². The first-order valence-corrected chi connectivity index (χ1v) is 10.3. The number of hydrogen-bond acceptors (Lipinski definition) is 6. The molecule has 1 saturated heterocycles. The van der Waals surface area contributed by atoms with Gasteiger partial charge in [0.15, 0.2) is 0 Å². The highest BCUT2D eigenvalue weighted by atomic mass is 16.5. The molecule has 1 amide bonds. The average molecular weight is 427 g/mol. The summed E-state index contributed by atoms with van der Waals surface area (Å²) in [5, 5.41) is 4.05. The van der Waals surface area contributed by atoms with Crippen molar-refractivity contribution in [2.45, 2.75) is 6.10 Å². The number of carbonyl (C=O) groups excluding carboxylic acids is 1. The molecule has 0 saturated carbocycles. The minimum absolute atomic E-state index is 0.0485. The van der Waals surface area contributed by atoms with Gasteiger partial charge in [-0.15, -0.1) is 0 Å². The monoisotopic (exact) mass is 427 g/mol. The second-order valence-electron chi connectivity index (χ2n) is 7.46. The Hall–Kier alpha value is -4.13. The van der Waals surface area contributed by atoms with Crippen LogP contribution in [0.3, 0.4) is 0 Å². The summed E-state index contributed by atoms with van der Waals surface area (Å²) in [7, 11) is 1.56. The van der Waals surface area contributed by atoms with E-state index in [2.05, 4.69) is 10.1 Å². The minimum atomic E-state index is -0.0525. The third kappa shape index (κ3) is 3.92. The van der Waals surface area contributed by atoms with E-state index in [0.29, 0.717) is 36.1 Å². The number of benzene rings is 3. The van der Waals surface area contributed by atoms with Crippen molar-refractivity contribution < 1.29 is 18.8 Å². The van der Waals surface area contributed by atoms with E-state index in [4.69, 9.17) is 14.0 Å². The maximum atomic E-state index is 12.7. The van der Waals surface area contributed by atoms with E-state index in [1.165, 1.54) is 0 Å². The first-order valence-electron chi connectivity index (χ1n) is 10.3. The Kier molecular flexibility index (Phi) is 5.29. The van der Waals surface area contributed by atoms with Gasteiger partial charge in [0, 0.05) is 11.1 Å². The Morgan fingerprint density at radius 2 is 1.66 bits per heavy atom. The lowest BCUT2D eigenvalue weighted by Gasteiger charge is -2.39. The second-order valence-corrected chi connectivity index (χ2v) is 7.46. The number of para-hydroxylation sites is 1. The van der Waals surface area contributed by atoms with Crippen molar-refractivity contribution in [3.05, 3.63) is 84.4 Å². The molecule has 1 fully saturated rings. The van der Waals surface area contributed by atoms with E-state index in [9.17, 15) is 4.79 Å². The highest BCUT2D eigenvalue weighted by Crippen LogP contribution is 2.27. The number of methoxy groups -OCH3 is 1. The number of amides is 1. The molecule has 0 radical (unpaired) electrons. The van der Waals surface area contributed by atoms with Crippen LogP contribution in [0.25, 0.3) is 22.8 Å². The van der Waals surface area contributed by atoms with Gasteiger partial charge in [0.05, 0.1) is 25.8 Å². The molecule has 0 unspecified atom stereocenters. The summed E-state index contributed by atoms with van der Waals surface area (Å²) in [6, 6.07) is 24.4. The molecule has 1 aliphatic rings. The molecule has 0 spiro atoms. The van der Waals surface area contributed by atoms with Gasteiger partial charge in [-0.25, -0.2) is 0 Å². The second kappa shape index (κ2) is 8.55. The topological polar surface area (TPSA) is 77.7 Å². The van der Waals surface area contributed by atoms with Crippen LogP contribution >= 0.6 is 0 Å². The van der Waals surface area contributed by atoms with Crippen molar-refractivity contribution in [3.8, 4) is 34.3 Å². The Morgan fingerprint density at radius 1 is 0.938 bits per heavy atom. The van der Waals surface area contributed by atoms with Gasteiger partial charge in [-0.1, -0.05) is 47.6 Å². The molecule has 0 aliphatic carbocycles. The fourth-order valence-electron chi connectivity index (χ4n) is 3.58. The van der Waals surface area contributed by atoms with Crippen molar-refractivity contribution in [1.82, 2.24) is 15.0 Å².